The van der Waals surface area contributed by atoms with Crippen LogP contribution >= 0.6 is 11.6 Å². The predicted octanol–water partition coefficient (Wildman–Crippen LogP) is 1.59. The molecule has 0 saturated heterocycles. The minimum atomic E-state index is 0.0532. The van der Waals surface area contributed by atoms with E-state index in [9.17, 15) is 4.79 Å². The minimum Gasteiger partial charge on any atom is -0.303 e. The van der Waals surface area contributed by atoms with E-state index in [1.807, 2.05) is 6.92 Å². The van der Waals surface area contributed by atoms with Gasteiger partial charge in [0, 0.05) is 11.8 Å². The molecule has 0 aromatic carbocycles. The predicted molar refractivity (Wildman–Crippen MR) is 30.6 cm³/mol. The van der Waals surface area contributed by atoms with Gasteiger partial charge in [-0.3, -0.25) is 0 Å². The first-order chi connectivity index (χ1) is 3.31. The molecule has 0 fully saturated rings. The van der Waals surface area contributed by atoms with Crippen molar-refractivity contribution >= 4 is 17.9 Å². The van der Waals surface area contributed by atoms with Crippen molar-refractivity contribution in [2.45, 2.75) is 25.1 Å². The SMILES string of the molecule is CCC(Cl)CC=O. The maximum atomic E-state index is 9.69. The Kier molecular flexibility index (Phi) is 4.10. The van der Waals surface area contributed by atoms with Crippen molar-refractivity contribution in [2.75, 3.05) is 0 Å². The third-order valence-electron chi connectivity index (χ3n) is 0.795. The van der Waals surface area contributed by atoms with Crippen molar-refractivity contribution in [3.8, 4) is 0 Å². The Bertz CT molecular complexity index is 54.0. The van der Waals surface area contributed by atoms with Crippen LogP contribution in [0.15, 0.2) is 0 Å². The van der Waals surface area contributed by atoms with E-state index < -0.39 is 0 Å². The molecule has 0 N–H and O–H groups in total. The molecule has 0 aromatic heterocycles. The normalized spacial score (nSPS) is 13.4. The molecule has 0 saturated carbocycles. The molecular weight excluding hydrogens is 112 g/mol. The van der Waals surface area contributed by atoms with Gasteiger partial charge >= 0.3 is 0 Å². The van der Waals surface area contributed by atoms with Crippen LogP contribution in [0.4, 0.5) is 0 Å². The lowest BCUT2D eigenvalue weighted by atomic mass is 10.3. The summed E-state index contributed by atoms with van der Waals surface area (Å²) in [5.41, 5.74) is 0. The molecule has 0 aliphatic carbocycles. The zero-order valence-corrected chi connectivity index (χ0v) is 5.11. The summed E-state index contributed by atoms with van der Waals surface area (Å²) in [5.74, 6) is 0. The summed E-state index contributed by atoms with van der Waals surface area (Å²) in [5, 5.41) is 0.0532. The molecule has 0 amide bonds. The molecule has 7 heavy (non-hydrogen) atoms. The van der Waals surface area contributed by atoms with Crippen LogP contribution in [0.25, 0.3) is 0 Å². The van der Waals surface area contributed by atoms with Crippen molar-refractivity contribution in [3.63, 3.8) is 0 Å². The maximum Gasteiger partial charge on any atom is 0.121 e. The zero-order chi connectivity index (χ0) is 5.70. The number of halogens is 1. The van der Waals surface area contributed by atoms with Gasteiger partial charge in [-0.2, -0.15) is 0 Å². The van der Waals surface area contributed by atoms with Crippen LogP contribution in [0.5, 0.6) is 0 Å². The Balaban J connectivity index is 2.98. The van der Waals surface area contributed by atoms with Gasteiger partial charge in [-0.05, 0) is 6.42 Å². The van der Waals surface area contributed by atoms with Gasteiger partial charge in [0.1, 0.15) is 6.29 Å². The average Bonchev–Trinajstić information content (AvgIpc) is 1.68. The molecule has 0 spiro atoms. The molecule has 0 radical (unpaired) electrons. The first-order valence-electron chi connectivity index (χ1n) is 2.39. The number of hydrogen-bond donors (Lipinski definition) is 0. The highest BCUT2D eigenvalue weighted by Gasteiger charge is 1.96. The van der Waals surface area contributed by atoms with Crippen LogP contribution in [0, 0.1) is 0 Å². The fourth-order valence-electron chi connectivity index (χ4n) is 0.271. The molecule has 2 heteroatoms. The molecule has 0 aliphatic heterocycles. The van der Waals surface area contributed by atoms with Gasteiger partial charge in [-0.15, -0.1) is 11.6 Å². The first-order valence-corrected chi connectivity index (χ1v) is 2.82. The summed E-state index contributed by atoms with van der Waals surface area (Å²) < 4.78 is 0. The molecular formula is C5H9ClO. The lowest BCUT2D eigenvalue weighted by Gasteiger charge is -1.95. The van der Waals surface area contributed by atoms with E-state index in [1.165, 1.54) is 0 Å². The van der Waals surface area contributed by atoms with Gasteiger partial charge in [0.25, 0.3) is 0 Å². The van der Waals surface area contributed by atoms with Crippen molar-refractivity contribution < 1.29 is 4.79 Å². The molecule has 0 aliphatic rings. The number of carbonyl (C=O) groups is 1. The molecule has 0 rings (SSSR count). The second-order valence-corrected chi connectivity index (χ2v) is 2.03. The third kappa shape index (κ3) is 3.80. The summed E-state index contributed by atoms with van der Waals surface area (Å²) in [6, 6.07) is 0. The molecule has 0 aromatic rings. The van der Waals surface area contributed by atoms with Crippen LogP contribution in [0.3, 0.4) is 0 Å². The smallest absolute Gasteiger partial charge is 0.121 e. The highest BCUT2D eigenvalue weighted by Crippen LogP contribution is 2.02. The van der Waals surface area contributed by atoms with Crippen molar-refractivity contribution in [1.29, 1.82) is 0 Å². The Morgan fingerprint density at radius 3 is 2.57 bits per heavy atom. The van der Waals surface area contributed by atoms with Gasteiger partial charge in [0.05, 0.1) is 0 Å². The van der Waals surface area contributed by atoms with Crippen molar-refractivity contribution in [2.24, 2.45) is 0 Å². The third-order valence-corrected chi connectivity index (χ3v) is 1.28. The molecule has 0 heterocycles. The van der Waals surface area contributed by atoms with Gasteiger partial charge in [0.2, 0.25) is 0 Å². The van der Waals surface area contributed by atoms with E-state index >= 15 is 0 Å². The summed E-state index contributed by atoms with van der Waals surface area (Å²) in [4.78, 5) is 9.69. The Hall–Kier alpha value is -0.0400. The summed E-state index contributed by atoms with van der Waals surface area (Å²) in [6.07, 6.45) is 2.21. The monoisotopic (exact) mass is 120 g/mol. The second-order valence-electron chi connectivity index (χ2n) is 1.41. The van der Waals surface area contributed by atoms with Crippen LogP contribution in [0.1, 0.15) is 19.8 Å². The number of aldehydes is 1. The number of hydrogen-bond acceptors (Lipinski definition) is 1. The van der Waals surface area contributed by atoms with Gasteiger partial charge in [0.15, 0.2) is 0 Å². The molecule has 1 unspecified atom stereocenters. The van der Waals surface area contributed by atoms with Gasteiger partial charge in [-0.25, -0.2) is 0 Å². The van der Waals surface area contributed by atoms with E-state index in [-0.39, 0.29) is 5.38 Å². The summed E-state index contributed by atoms with van der Waals surface area (Å²) in [6.45, 7) is 1.96. The Morgan fingerprint density at radius 2 is 2.43 bits per heavy atom. The largest absolute Gasteiger partial charge is 0.303 e. The van der Waals surface area contributed by atoms with Crippen LogP contribution in [0.2, 0.25) is 0 Å². The molecule has 42 valence electrons. The van der Waals surface area contributed by atoms with Gasteiger partial charge in [-0.1, -0.05) is 6.92 Å². The van der Waals surface area contributed by atoms with Crippen LogP contribution < -0.4 is 0 Å². The lowest BCUT2D eigenvalue weighted by molar-refractivity contribution is -0.107. The van der Waals surface area contributed by atoms with E-state index in [0.29, 0.717) is 6.42 Å². The molecule has 1 atom stereocenters. The van der Waals surface area contributed by atoms with E-state index in [0.717, 1.165) is 12.7 Å². The fourth-order valence-corrected chi connectivity index (χ4v) is 0.344. The summed E-state index contributed by atoms with van der Waals surface area (Å²) in [7, 11) is 0. The fraction of sp³-hybridized carbons (Fsp3) is 0.800. The highest BCUT2D eigenvalue weighted by atomic mass is 35.5. The van der Waals surface area contributed by atoms with E-state index in [1.54, 1.807) is 0 Å². The topological polar surface area (TPSA) is 17.1 Å². The van der Waals surface area contributed by atoms with Crippen molar-refractivity contribution in [3.05, 3.63) is 0 Å². The Morgan fingerprint density at radius 1 is 1.86 bits per heavy atom. The van der Waals surface area contributed by atoms with Crippen molar-refractivity contribution in [1.82, 2.24) is 0 Å². The average molecular weight is 121 g/mol. The Labute approximate surface area is 48.7 Å². The van der Waals surface area contributed by atoms with E-state index in [2.05, 4.69) is 0 Å². The summed E-state index contributed by atoms with van der Waals surface area (Å²) >= 11 is 5.53. The molecule has 1 nitrogen and oxygen atoms in total. The van der Waals surface area contributed by atoms with E-state index in [4.69, 9.17) is 11.6 Å². The minimum absolute atomic E-state index is 0.0532. The number of carbonyl (C=O) groups excluding carboxylic acids is 1. The maximum absolute atomic E-state index is 9.69. The van der Waals surface area contributed by atoms with Crippen LogP contribution in [-0.4, -0.2) is 11.7 Å². The van der Waals surface area contributed by atoms with Crippen LogP contribution in [-0.2, 0) is 4.79 Å². The highest BCUT2D eigenvalue weighted by molar-refractivity contribution is 6.21. The number of rotatable bonds is 3. The quantitative estimate of drug-likeness (QED) is 0.408. The first kappa shape index (κ1) is 6.96. The molecule has 0 bridgehead atoms. The second kappa shape index (κ2) is 4.13. The lowest BCUT2D eigenvalue weighted by Crippen LogP contribution is -1.94. The van der Waals surface area contributed by atoms with Gasteiger partial charge < -0.3 is 4.79 Å². The number of alkyl halides is 1. The zero-order valence-electron chi connectivity index (χ0n) is 4.36. The standard InChI is InChI=1S/C5H9ClO/c1-2-5(6)3-4-7/h4-5H,2-3H2,1H3.